The average molecular weight is 381 g/mol. The van der Waals surface area contributed by atoms with Crippen LogP contribution in [0.25, 0.3) is 11.0 Å². The lowest BCUT2D eigenvalue weighted by atomic mass is 10.2. The summed E-state index contributed by atoms with van der Waals surface area (Å²) in [7, 11) is 0. The lowest BCUT2D eigenvalue weighted by molar-refractivity contribution is -0.116. The molecule has 0 fully saturated rings. The van der Waals surface area contributed by atoms with Crippen LogP contribution in [0.5, 0.6) is 0 Å². The molecule has 0 spiro atoms. The molecule has 3 rings (SSSR count). The van der Waals surface area contributed by atoms with E-state index in [1.54, 1.807) is 33.4 Å². The number of imidazole rings is 1. The molecule has 1 aromatic heterocycles. The van der Waals surface area contributed by atoms with Gasteiger partial charge in [0, 0.05) is 30.9 Å². The Morgan fingerprint density at radius 3 is 1.96 bits per heavy atom. The molecule has 8 nitrogen and oxygen atoms in total. The molecule has 0 radical (unpaired) electrons. The first-order valence-electron chi connectivity index (χ1n) is 9.14. The van der Waals surface area contributed by atoms with E-state index in [9.17, 15) is 14.4 Å². The first-order chi connectivity index (χ1) is 13.5. The van der Waals surface area contributed by atoms with Crippen LogP contribution in [0.15, 0.2) is 53.3 Å². The van der Waals surface area contributed by atoms with Gasteiger partial charge in [-0.15, -0.1) is 0 Å². The summed E-state index contributed by atoms with van der Waals surface area (Å²) in [5, 5.41) is 5.24. The molecule has 1 heterocycles. The van der Waals surface area contributed by atoms with Gasteiger partial charge in [-0.2, -0.15) is 0 Å². The number of aromatic nitrogens is 2. The van der Waals surface area contributed by atoms with Gasteiger partial charge < -0.3 is 16.4 Å². The Morgan fingerprint density at radius 1 is 0.893 bits per heavy atom. The highest BCUT2D eigenvalue weighted by molar-refractivity contribution is 5.92. The lowest BCUT2D eigenvalue weighted by Gasteiger charge is -2.07. The van der Waals surface area contributed by atoms with Gasteiger partial charge in [-0.25, -0.2) is 9.59 Å². The molecule has 28 heavy (non-hydrogen) atoms. The second-order valence-electron chi connectivity index (χ2n) is 6.44. The zero-order chi connectivity index (χ0) is 20.1. The van der Waals surface area contributed by atoms with E-state index in [0.29, 0.717) is 24.5 Å². The zero-order valence-electron chi connectivity index (χ0n) is 15.6. The molecule has 2 aromatic carbocycles. The number of anilines is 2. The fourth-order valence-corrected chi connectivity index (χ4v) is 3.14. The minimum absolute atomic E-state index is 0.0993. The highest BCUT2D eigenvalue weighted by Gasteiger charge is 2.13. The second-order valence-corrected chi connectivity index (χ2v) is 6.44. The average Bonchev–Trinajstić information content (AvgIpc) is 2.93. The predicted octanol–water partition coefficient (Wildman–Crippen LogP) is 2.73. The molecular weight excluding hydrogens is 358 g/mol. The summed E-state index contributed by atoms with van der Waals surface area (Å²) < 4.78 is 3.39. The van der Waals surface area contributed by atoms with Crippen molar-refractivity contribution < 1.29 is 9.59 Å². The number of carbonyl (C=O) groups is 2. The summed E-state index contributed by atoms with van der Waals surface area (Å²) in [4.78, 5) is 35.9. The summed E-state index contributed by atoms with van der Waals surface area (Å²) in [6, 6.07) is 13.6. The first-order valence-corrected chi connectivity index (χ1v) is 9.14. The highest BCUT2D eigenvalue weighted by atomic mass is 16.2. The topological polar surface area (TPSA) is 111 Å². The number of urea groups is 1. The Bertz CT molecular complexity index is 1050. The van der Waals surface area contributed by atoms with Crippen LogP contribution in [0.1, 0.15) is 19.8 Å². The minimum atomic E-state index is -0.649. The Balaban J connectivity index is 1.69. The molecule has 8 heteroatoms. The maximum absolute atomic E-state index is 12.7. The van der Waals surface area contributed by atoms with Gasteiger partial charge in [0.05, 0.1) is 11.0 Å². The third-order valence-electron chi connectivity index (χ3n) is 4.37. The fraction of sp³-hybridized carbons (Fsp3) is 0.250. The van der Waals surface area contributed by atoms with Crippen LogP contribution < -0.4 is 22.1 Å². The third-order valence-corrected chi connectivity index (χ3v) is 4.37. The van der Waals surface area contributed by atoms with Crippen LogP contribution in [0.2, 0.25) is 0 Å². The number of nitrogens with two attached hydrogens (primary N) is 1. The van der Waals surface area contributed by atoms with Gasteiger partial charge in [-0.3, -0.25) is 13.9 Å². The van der Waals surface area contributed by atoms with Gasteiger partial charge in [0.25, 0.3) is 0 Å². The maximum atomic E-state index is 12.7. The van der Waals surface area contributed by atoms with Crippen molar-refractivity contribution in [3.8, 4) is 0 Å². The molecule has 0 aliphatic rings. The predicted molar refractivity (Wildman–Crippen MR) is 109 cm³/mol. The smallest absolute Gasteiger partial charge is 0.329 e. The van der Waals surface area contributed by atoms with E-state index < -0.39 is 6.03 Å². The summed E-state index contributed by atoms with van der Waals surface area (Å²) in [6.45, 7) is 2.96. The molecule has 0 atom stereocenters. The second kappa shape index (κ2) is 8.43. The third kappa shape index (κ3) is 4.22. The van der Waals surface area contributed by atoms with Gasteiger partial charge in [-0.05, 0) is 42.8 Å². The van der Waals surface area contributed by atoms with Crippen molar-refractivity contribution in [1.82, 2.24) is 9.13 Å². The molecule has 0 aliphatic carbocycles. The van der Waals surface area contributed by atoms with Crippen molar-refractivity contribution in [2.75, 3.05) is 10.6 Å². The van der Waals surface area contributed by atoms with Crippen LogP contribution in [0, 0.1) is 0 Å². The fourth-order valence-electron chi connectivity index (χ4n) is 3.14. The molecule has 0 bridgehead atoms. The van der Waals surface area contributed by atoms with Crippen molar-refractivity contribution in [3.63, 3.8) is 0 Å². The van der Waals surface area contributed by atoms with Crippen molar-refractivity contribution in [2.24, 2.45) is 5.73 Å². The Morgan fingerprint density at radius 2 is 1.43 bits per heavy atom. The van der Waals surface area contributed by atoms with E-state index in [1.165, 1.54) is 0 Å². The largest absolute Gasteiger partial charge is 0.351 e. The molecule has 0 saturated heterocycles. The van der Waals surface area contributed by atoms with Crippen molar-refractivity contribution in [1.29, 1.82) is 0 Å². The number of aryl methyl sites for hydroxylation is 2. The quantitative estimate of drug-likeness (QED) is 0.585. The zero-order valence-corrected chi connectivity index (χ0v) is 15.6. The van der Waals surface area contributed by atoms with E-state index >= 15 is 0 Å². The minimum Gasteiger partial charge on any atom is -0.351 e. The van der Waals surface area contributed by atoms with Gasteiger partial charge in [0.1, 0.15) is 0 Å². The number of para-hydroxylation sites is 2. The van der Waals surface area contributed by atoms with E-state index in [4.69, 9.17) is 5.73 Å². The van der Waals surface area contributed by atoms with Crippen LogP contribution in [0.4, 0.5) is 16.2 Å². The summed E-state index contributed by atoms with van der Waals surface area (Å²) in [5.41, 5.74) is 7.81. The SMILES string of the molecule is CCCn1c(=O)n(CCC(=O)Nc2ccc(NC(N)=O)cc2)c2ccccc21. The molecule has 0 unspecified atom stereocenters. The number of hydrogen-bond donors (Lipinski definition) is 3. The van der Waals surface area contributed by atoms with E-state index in [1.807, 2.05) is 31.2 Å². The number of amides is 3. The van der Waals surface area contributed by atoms with Gasteiger partial charge >= 0.3 is 11.7 Å². The standard InChI is InChI=1S/C20H23N5O3/c1-2-12-24-16-5-3-4-6-17(16)25(20(24)28)13-11-18(26)22-14-7-9-15(10-8-14)23-19(21)27/h3-10H,2,11-13H2,1H3,(H,22,26)(H3,21,23,27). The number of hydrogen-bond acceptors (Lipinski definition) is 3. The lowest BCUT2D eigenvalue weighted by Crippen LogP contribution is -2.26. The van der Waals surface area contributed by atoms with Crippen LogP contribution in [0.3, 0.4) is 0 Å². The molecule has 3 aromatic rings. The highest BCUT2D eigenvalue weighted by Crippen LogP contribution is 2.15. The van der Waals surface area contributed by atoms with Crippen molar-refractivity contribution in [3.05, 3.63) is 59.0 Å². The monoisotopic (exact) mass is 381 g/mol. The Hall–Kier alpha value is -3.55. The molecule has 0 aliphatic heterocycles. The number of primary amides is 1. The Labute approximate surface area is 161 Å². The molecule has 3 amide bonds. The number of fused-ring (bicyclic) bond motifs is 1. The molecule has 4 N–H and O–H groups in total. The van der Waals surface area contributed by atoms with Crippen molar-refractivity contribution in [2.45, 2.75) is 32.9 Å². The van der Waals surface area contributed by atoms with Crippen LogP contribution >= 0.6 is 0 Å². The maximum Gasteiger partial charge on any atom is 0.329 e. The molecule has 146 valence electrons. The van der Waals surface area contributed by atoms with Crippen molar-refractivity contribution >= 4 is 34.3 Å². The van der Waals surface area contributed by atoms with E-state index in [2.05, 4.69) is 10.6 Å². The number of benzene rings is 2. The number of nitrogens with one attached hydrogen (secondary N) is 2. The summed E-state index contributed by atoms with van der Waals surface area (Å²) in [6.07, 6.45) is 1.02. The number of carbonyl (C=O) groups excluding carboxylic acids is 2. The summed E-state index contributed by atoms with van der Waals surface area (Å²) >= 11 is 0. The number of nitrogens with zero attached hydrogens (tertiary/aromatic N) is 2. The summed E-state index contributed by atoms with van der Waals surface area (Å²) in [5.74, 6) is -0.199. The van der Waals surface area contributed by atoms with E-state index in [-0.39, 0.29) is 18.0 Å². The van der Waals surface area contributed by atoms with Gasteiger partial charge in [0.15, 0.2) is 0 Å². The molecule has 0 saturated carbocycles. The number of rotatable bonds is 7. The molecular formula is C20H23N5O3. The first kappa shape index (κ1) is 19.2. The van der Waals surface area contributed by atoms with E-state index in [0.717, 1.165) is 17.5 Å². The van der Waals surface area contributed by atoms with Gasteiger partial charge in [-0.1, -0.05) is 19.1 Å². The Kier molecular flexibility index (Phi) is 5.78. The van der Waals surface area contributed by atoms with Crippen LogP contribution in [-0.4, -0.2) is 21.1 Å². The normalized spacial score (nSPS) is 10.8. The van der Waals surface area contributed by atoms with Gasteiger partial charge in [0.2, 0.25) is 5.91 Å². The van der Waals surface area contributed by atoms with Crippen LogP contribution in [-0.2, 0) is 17.9 Å².